The number of thiophene rings is 2. The maximum Gasteiger partial charge on any atom is 0.264 e. The molecule has 7 heteroatoms. The molecule has 0 unspecified atom stereocenters. The van der Waals surface area contributed by atoms with E-state index in [1.165, 1.54) is 19.5 Å². The van der Waals surface area contributed by atoms with E-state index in [0.717, 1.165) is 10.6 Å². The second kappa shape index (κ2) is 7.57. The van der Waals surface area contributed by atoms with Gasteiger partial charge >= 0.3 is 0 Å². The van der Waals surface area contributed by atoms with Gasteiger partial charge in [0.2, 0.25) is 5.91 Å². The van der Waals surface area contributed by atoms with Crippen LogP contribution in [0, 0.1) is 0 Å². The van der Waals surface area contributed by atoms with Crippen molar-refractivity contribution in [2.75, 3.05) is 26.2 Å². The molecule has 1 fully saturated rings. The summed E-state index contributed by atoms with van der Waals surface area (Å²) in [5.74, 6) is 0.137. The number of carbonyl (C=O) groups is 2. The Balaban J connectivity index is 1.25. The van der Waals surface area contributed by atoms with E-state index in [9.17, 15) is 9.59 Å². The molecule has 5 rings (SSSR count). The second-order valence-electron chi connectivity index (χ2n) is 7.07. The van der Waals surface area contributed by atoms with Gasteiger partial charge in [0.1, 0.15) is 0 Å². The fourth-order valence-electron chi connectivity index (χ4n) is 3.69. The summed E-state index contributed by atoms with van der Waals surface area (Å²) < 4.78 is 3.62. The lowest BCUT2D eigenvalue weighted by atomic mass is 10.2. The molecule has 1 saturated heterocycles. The van der Waals surface area contributed by atoms with E-state index in [-0.39, 0.29) is 11.8 Å². The maximum absolute atomic E-state index is 13.0. The van der Waals surface area contributed by atoms with Gasteiger partial charge in [-0.1, -0.05) is 24.3 Å². The van der Waals surface area contributed by atoms with Crippen molar-refractivity contribution in [2.24, 2.45) is 0 Å². The third kappa shape index (κ3) is 3.52. The molecule has 0 saturated carbocycles. The lowest BCUT2D eigenvalue weighted by molar-refractivity contribution is -0.132. The Kier molecular flexibility index (Phi) is 4.77. The minimum absolute atomic E-state index is 0.0684. The van der Waals surface area contributed by atoms with Crippen LogP contribution in [0.2, 0.25) is 0 Å². The van der Waals surface area contributed by atoms with Gasteiger partial charge in [-0.3, -0.25) is 14.6 Å². The van der Waals surface area contributed by atoms with Crippen LogP contribution in [0.1, 0.15) is 15.4 Å². The van der Waals surface area contributed by atoms with Crippen molar-refractivity contribution < 1.29 is 9.59 Å². The van der Waals surface area contributed by atoms with Crippen LogP contribution in [0.25, 0.3) is 19.5 Å². The van der Waals surface area contributed by atoms with Gasteiger partial charge in [0.15, 0.2) is 0 Å². The van der Waals surface area contributed by atoms with E-state index in [1.54, 1.807) is 28.9 Å². The summed E-state index contributed by atoms with van der Waals surface area (Å²) in [5.41, 5.74) is 0.780. The number of pyridine rings is 1. The third-order valence-electron chi connectivity index (χ3n) is 5.24. The molecule has 4 heterocycles. The van der Waals surface area contributed by atoms with Crippen LogP contribution in [-0.2, 0) is 11.2 Å². The highest BCUT2D eigenvalue weighted by Crippen LogP contribution is 2.39. The molecule has 1 aliphatic rings. The average Bonchev–Trinajstić information content (AvgIpc) is 3.32. The topological polar surface area (TPSA) is 53.5 Å². The van der Waals surface area contributed by atoms with E-state index in [1.807, 2.05) is 46.2 Å². The molecule has 4 aromatic rings. The molecule has 1 aliphatic heterocycles. The predicted octanol–water partition coefficient (Wildman–Crippen LogP) is 4.04. The van der Waals surface area contributed by atoms with Crippen LogP contribution in [0.3, 0.4) is 0 Å². The zero-order chi connectivity index (χ0) is 19.8. The van der Waals surface area contributed by atoms with E-state index in [4.69, 9.17) is 0 Å². The van der Waals surface area contributed by atoms with Crippen molar-refractivity contribution in [3.63, 3.8) is 0 Å². The first-order chi connectivity index (χ1) is 14.2. The Bertz CT molecular complexity index is 1190. The molecule has 0 aliphatic carbocycles. The van der Waals surface area contributed by atoms with Crippen LogP contribution in [-0.4, -0.2) is 52.8 Å². The number of fused-ring (bicyclic) bond motifs is 3. The number of hydrogen-bond donors (Lipinski definition) is 0. The van der Waals surface area contributed by atoms with Crippen LogP contribution in [0.4, 0.5) is 0 Å². The van der Waals surface area contributed by atoms with Crippen molar-refractivity contribution in [1.29, 1.82) is 0 Å². The van der Waals surface area contributed by atoms with Gasteiger partial charge in [-0.05, 0) is 24.3 Å². The molecule has 3 aromatic heterocycles. The molecule has 146 valence electrons. The number of aromatic nitrogens is 1. The first-order valence-electron chi connectivity index (χ1n) is 9.57. The van der Waals surface area contributed by atoms with E-state index < -0.39 is 0 Å². The van der Waals surface area contributed by atoms with E-state index >= 15 is 0 Å². The lowest BCUT2D eigenvalue weighted by Gasteiger charge is -2.34. The number of carbonyl (C=O) groups excluding carboxylic acids is 2. The normalized spacial score (nSPS) is 14.6. The molecule has 1 aromatic carbocycles. The summed E-state index contributed by atoms with van der Waals surface area (Å²) in [5, 5.41) is 1.22. The van der Waals surface area contributed by atoms with Crippen LogP contribution in [0.15, 0.2) is 54.7 Å². The standard InChI is InChI=1S/C22H19N3O2S2/c26-20(13-15-5-3-4-8-23-15)24-9-11-25(12-10-24)22(27)19-14-18-21(29-19)16-6-1-2-7-17(16)28-18/h1-8,14H,9-13H2. The van der Waals surface area contributed by atoms with Crippen LogP contribution >= 0.6 is 22.7 Å². The monoisotopic (exact) mass is 421 g/mol. The van der Waals surface area contributed by atoms with Crippen LogP contribution < -0.4 is 0 Å². The summed E-state index contributed by atoms with van der Waals surface area (Å²) in [6.45, 7) is 2.28. The number of benzene rings is 1. The predicted molar refractivity (Wildman–Crippen MR) is 118 cm³/mol. The molecule has 29 heavy (non-hydrogen) atoms. The molecular formula is C22H19N3O2S2. The SMILES string of the molecule is O=C(Cc1ccccn1)N1CCN(C(=O)c2cc3sc4ccccc4c3s2)CC1. The molecular weight excluding hydrogens is 402 g/mol. The lowest BCUT2D eigenvalue weighted by Crippen LogP contribution is -2.50. The van der Waals surface area contributed by atoms with E-state index in [2.05, 4.69) is 17.1 Å². The molecule has 5 nitrogen and oxygen atoms in total. The maximum atomic E-state index is 13.0. The highest BCUT2D eigenvalue weighted by molar-refractivity contribution is 7.33. The highest BCUT2D eigenvalue weighted by Gasteiger charge is 2.26. The summed E-state index contributed by atoms with van der Waals surface area (Å²) in [6, 6.07) is 15.9. The largest absolute Gasteiger partial charge is 0.339 e. The van der Waals surface area contributed by atoms with Gasteiger partial charge in [0.25, 0.3) is 5.91 Å². The molecule has 2 amide bonds. The summed E-state index contributed by atoms with van der Waals surface area (Å²) in [7, 11) is 0. The van der Waals surface area contributed by atoms with E-state index in [0.29, 0.717) is 32.6 Å². The Morgan fingerprint density at radius 1 is 0.897 bits per heavy atom. The van der Waals surface area contributed by atoms with Crippen molar-refractivity contribution in [3.05, 3.63) is 65.3 Å². The van der Waals surface area contributed by atoms with Crippen LogP contribution in [0.5, 0.6) is 0 Å². The van der Waals surface area contributed by atoms with Gasteiger partial charge in [0.05, 0.1) is 16.0 Å². The quantitative estimate of drug-likeness (QED) is 0.502. The number of hydrogen-bond acceptors (Lipinski definition) is 5. The Morgan fingerprint density at radius 3 is 2.45 bits per heavy atom. The zero-order valence-corrected chi connectivity index (χ0v) is 17.3. The first-order valence-corrected chi connectivity index (χ1v) is 11.2. The minimum Gasteiger partial charge on any atom is -0.339 e. The summed E-state index contributed by atoms with van der Waals surface area (Å²) in [4.78, 5) is 34.2. The number of rotatable bonds is 3. The molecule has 0 atom stereocenters. The molecule has 0 radical (unpaired) electrons. The first kappa shape index (κ1) is 18.3. The fourth-order valence-corrected chi connectivity index (χ4v) is 6.18. The highest BCUT2D eigenvalue weighted by atomic mass is 32.1. The minimum atomic E-state index is 0.0684. The number of nitrogens with zero attached hydrogens (tertiary/aromatic N) is 3. The van der Waals surface area contributed by atoms with Crippen molar-refractivity contribution in [2.45, 2.75) is 6.42 Å². The van der Waals surface area contributed by atoms with Gasteiger partial charge in [-0.2, -0.15) is 0 Å². The van der Waals surface area contributed by atoms with Crippen molar-refractivity contribution >= 4 is 54.0 Å². The zero-order valence-electron chi connectivity index (χ0n) is 15.7. The average molecular weight is 422 g/mol. The van der Waals surface area contributed by atoms with Crippen molar-refractivity contribution in [3.8, 4) is 0 Å². The number of amides is 2. The molecule has 0 spiro atoms. The summed E-state index contributed by atoms with van der Waals surface area (Å²) in [6.07, 6.45) is 2.01. The van der Waals surface area contributed by atoms with Gasteiger partial charge in [0, 0.05) is 52.9 Å². The Labute approximate surface area is 176 Å². The third-order valence-corrected chi connectivity index (χ3v) is 7.64. The molecule has 0 bridgehead atoms. The fraction of sp³-hybridized carbons (Fsp3) is 0.227. The van der Waals surface area contributed by atoms with Crippen molar-refractivity contribution in [1.82, 2.24) is 14.8 Å². The molecule has 0 N–H and O–H groups in total. The van der Waals surface area contributed by atoms with Gasteiger partial charge in [-0.25, -0.2) is 0 Å². The van der Waals surface area contributed by atoms with Gasteiger partial charge in [-0.15, -0.1) is 22.7 Å². The Morgan fingerprint density at radius 2 is 1.66 bits per heavy atom. The summed E-state index contributed by atoms with van der Waals surface area (Å²) >= 11 is 3.31. The number of piperazine rings is 1. The Hall–Kier alpha value is -2.77. The smallest absolute Gasteiger partial charge is 0.264 e. The van der Waals surface area contributed by atoms with Gasteiger partial charge < -0.3 is 9.80 Å². The second-order valence-corrected chi connectivity index (χ2v) is 9.21.